The Labute approximate surface area is 264 Å². The van der Waals surface area contributed by atoms with E-state index in [0.29, 0.717) is 24.5 Å². The second-order valence-corrected chi connectivity index (χ2v) is 11.4. The molecule has 0 spiro atoms. The van der Waals surface area contributed by atoms with E-state index in [4.69, 9.17) is 15.9 Å². The van der Waals surface area contributed by atoms with Crippen molar-refractivity contribution in [2.24, 2.45) is 10.9 Å². The Balaban J connectivity index is 1.37. The molecular weight excluding hydrogens is 569 g/mol. The van der Waals surface area contributed by atoms with E-state index in [-0.39, 0.29) is 22.7 Å². The van der Waals surface area contributed by atoms with Gasteiger partial charge in [-0.2, -0.15) is 0 Å². The van der Waals surface area contributed by atoms with Gasteiger partial charge in [0.15, 0.2) is 6.23 Å². The van der Waals surface area contributed by atoms with E-state index in [0.717, 1.165) is 13.1 Å². The minimum Gasteiger partial charge on any atom is -0.468 e. The van der Waals surface area contributed by atoms with Gasteiger partial charge < -0.3 is 9.47 Å². The number of rotatable bonds is 8. The van der Waals surface area contributed by atoms with Gasteiger partial charge in [-0.15, -0.1) is 6.42 Å². The predicted molar refractivity (Wildman–Crippen MR) is 172 cm³/mol. The fraction of sp³-hybridized carbons (Fsp3) is 0.324. The van der Waals surface area contributed by atoms with Crippen LogP contribution in [0.1, 0.15) is 55.0 Å². The largest absolute Gasteiger partial charge is 0.468 e. The summed E-state index contributed by atoms with van der Waals surface area (Å²) in [5.41, 5.74) is 3.61. The molecule has 45 heavy (non-hydrogen) atoms. The average molecular weight is 608 g/mol. The number of piperazine rings is 1. The first-order valence-electron chi connectivity index (χ1n) is 15.1. The summed E-state index contributed by atoms with van der Waals surface area (Å²) in [5, 5.41) is 0. The van der Waals surface area contributed by atoms with E-state index in [2.05, 4.69) is 69.2 Å². The summed E-state index contributed by atoms with van der Waals surface area (Å²) in [6.45, 7) is 8.01. The summed E-state index contributed by atoms with van der Waals surface area (Å²) in [5.74, 6) is -1.52. The van der Waals surface area contributed by atoms with Crippen LogP contribution in [0.4, 0.5) is 4.39 Å². The number of carbonyl (C=O) groups excluding carboxylic acids is 2. The third kappa shape index (κ3) is 6.60. The van der Waals surface area contributed by atoms with Gasteiger partial charge in [-0.1, -0.05) is 72.7 Å². The molecule has 0 radical (unpaired) electrons. The molecule has 3 unspecified atom stereocenters. The van der Waals surface area contributed by atoms with Crippen LogP contribution in [-0.4, -0.2) is 67.0 Å². The first-order valence-corrected chi connectivity index (χ1v) is 15.1. The Morgan fingerprint density at radius 3 is 2.04 bits per heavy atom. The van der Waals surface area contributed by atoms with Crippen molar-refractivity contribution in [3.8, 4) is 12.3 Å². The molecule has 0 saturated carbocycles. The van der Waals surface area contributed by atoms with Gasteiger partial charge >= 0.3 is 11.9 Å². The van der Waals surface area contributed by atoms with Crippen LogP contribution in [-0.2, 0) is 19.1 Å². The van der Waals surface area contributed by atoms with Crippen molar-refractivity contribution in [2.45, 2.75) is 39.0 Å². The SMILES string of the molecule is C#Cc1cccc(F)c1C1C(C(=O)OC(C)N2CCN(C(c3ccccc3)c3ccccc3)CC2)=C(C)N=C(C)C1C(=O)OC. The molecule has 3 aromatic carbocycles. The smallest absolute Gasteiger partial charge is 0.338 e. The van der Waals surface area contributed by atoms with Gasteiger partial charge in [0.05, 0.1) is 18.7 Å². The normalized spacial score (nSPS) is 19.9. The van der Waals surface area contributed by atoms with Gasteiger partial charge in [-0.3, -0.25) is 19.6 Å². The second-order valence-electron chi connectivity index (χ2n) is 11.4. The fourth-order valence-electron chi connectivity index (χ4n) is 6.56. The van der Waals surface area contributed by atoms with Crippen molar-refractivity contribution in [1.82, 2.24) is 9.80 Å². The van der Waals surface area contributed by atoms with Crippen molar-refractivity contribution in [3.63, 3.8) is 0 Å². The van der Waals surface area contributed by atoms with Gasteiger partial charge in [-0.25, -0.2) is 9.18 Å². The van der Waals surface area contributed by atoms with Gasteiger partial charge in [0, 0.05) is 54.6 Å². The highest BCUT2D eigenvalue weighted by Gasteiger charge is 2.44. The quantitative estimate of drug-likeness (QED) is 0.241. The predicted octanol–water partition coefficient (Wildman–Crippen LogP) is 5.72. The average Bonchev–Trinajstić information content (AvgIpc) is 3.05. The summed E-state index contributed by atoms with van der Waals surface area (Å²) in [4.78, 5) is 36.0. The van der Waals surface area contributed by atoms with Gasteiger partial charge in [0.25, 0.3) is 0 Å². The highest BCUT2D eigenvalue weighted by molar-refractivity contribution is 6.07. The number of allylic oxidation sites excluding steroid dienone is 1. The number of carbonyl (C=O) groups is 2. The molecule has 2 aliphatic heterocycles. The number of hydrogen-bond acceptors (Lipinski definition) is 7. The summed E-state index contributed by atoms with van der Waals surface area (Å²) in [7, 11) is 1.25. The number of methoxy groups -OCH3 is 1. The number of terminal acetylenes is 1. The van der Waals surface area contributed by atoms with E-state index >= 15 is 4.39 Å². The molecular formula is C37H38FN3O4. The number of esters is 2. The van der Waals surface area contributed by atoms with Crippen molar-refractivity contribution in [2.75, 3.05) is 33.3 Å². The molecule has 1 saturated heterocycles. The standard InChI is InChI=1S/C37H38FN3O4/c1-6-27-18-13-19-30(38)33(27)34-31(36(42)44-5)24(2)39-25(3)32(34)37(43)45-26(4)40-20-22-41(23-21-40)35(28-14-9-7-10-15-28)29-16-11-8-12-17-29/h1,7-19,26,31,34-35H,20-23H2,2-5H3. The highest BCUT2D eigenvalue weighted by Crippen LogP contribution is 2.42. The van der Waals surface area contributed by atoms with Gasteiger partial charge in [0.2, 0.25) is 0 Å². The molecule has 7 nitrogen and oxygen atoms in total. The maximum atomic E-state index is 15.5. The molecule has 3 atom stereocenters. The van der Waals surface area contributed by atoms with Crippen molar-refractivity contribution in [1.29, 1.82) is 0 Å². The maximum Gasteiger partial charge on any atom is 0.338 e. The molecule has 0 N–H and O–H groups in total. The van der Waals surface area contributed by atoms with Crippen LogP contribution < -0.4 is 0 Å². The van der Waals surface area contributed by atoms with Gasteiger partial charge in [0.1, 0.15) is 11.7 Å². The van der Waals surface area contributed by atoms with Crippen LogP contribution in [0.25, 0.3) is 0 Å². The lowest BCUT2D eigenvalue weighted by atomic mass is 9.74. The van der Waals surface area contributed by atoms with Crippen molar-refractivity contribution in [3.05, 3.63) is 118 Å². The lowest BCUT2D eigenvalue weighted by molar-refractivity contribution is -0.155. The van der Waals surface area contributed by atoms with Crippen LogP contribution in [0, 0.1) is 24.1 Å². The van der Waals surface area contributed by atoms with Crippen molar-refractivity contribution < 1.29 is 23.5 Å². The zero-order valence-electron chi connectivity index (χ0n) is 26.1. The van der Waals surface area contributed by atoms with E-state index in [1.807, 2.05) is 19.1 Å². The Hall–Kier alpha value is -4.58. The van der Waals surface area contributed by atoms with E-state index < -0.39 is 35.8 Å². The minimum absolute atomic E-state index is 0.0742. The highest BCUT2D eigenvalue weighted by atomic mass is 19.1. The van der Waals surface area contributed by atoms with Crippen LogP contribution in [0.5, 0.6) is 0 Å². The van der Waals surface area contributed by atoms with Crippen LogP contribution >= 0.6 is 0 Å². The maximum absolute atomic E-state index is 15.5. The molecule has 2 aliphatic rings. The lowest BCUT2D eigenvalue weighted by Crippen LogP contribution is -2.51. The van der Waals surface area contributed by atoms with Crippen LogP contribution in [0.2, 0.25) is 0 Å². The molecule has 1 fully saturated rings. The van der Waals surface area contributed by atoms with E-state index in [1.54, 1.807) is 19.9 Å². The first kappa shape index (κ1) is 31.8. The summed E-state index contributed by atoms with van der Waals surface area (Å²) < 4.78 is 26.6. The third-order valence-corrected chi connectivity index (χ3v) is 8.76. The number of hydrogen-bond donors (Lipinski definition) is 0. The number of aliphatic imine (C=N–C) groups is 1. The van der Waals surface area contributed by atoms with E-state index in [1.165, 1.54) is 30.4 Å². The molecule has 5 rings (SSSR count). The van der Waals surface area contributed by atoms with E-state index in [9.17, 15) is 9.59 Å². The Bertz CT molecular complexity index is 1600. The lowest BCUT2D eigenvalue weighted by Gasteiger charge is -2.41. The topological polar surface area (TPSA) is 71.4 Å². The fourth-order valence-corrected chi connectivity index (χ4v) is 6.56. The molecule has 3 aromatic rings. The summed E-state index contributed by atoms with van der Waals surface area (Å²) >= 11 is 0. The number of benzene rings is 3. The molecule has 232 valence electrons. The van der Waals surface area contributed by atoms with Crippen LogP contribution in [0.3, 0.4) is 0 Å². The Morgan fingerprint density at radius 1 is 0.911 bits per heavy atom. The van der Waals surface area contributed by atoms with Gasteiger partial charge in [-0.05, 0) is 44.0 Å². The molecule has 0 aliphatic carbocycles. The molecule has 0 aromatic heterocycles. The minimum atomic E-state index is -1.06. The molecule has 8 heteroatoms. The third-order valence-electron chi connectivity index (χ3n) is 8.76. The molecule has 2 heterocycles. The van der Waals surface area contributed by atoms with Crippen LogP contribution in [0.15, 0.2) is 95.1 Å². The zero-order chi connectivity index (χ0) is 32.1. The first-order chi connectivity index (χ1) is 21.7. The monoisotopic (exact) mass is 607 g/mol. The number of halogens is 1. The van der Waals surface area contributed by atoms with Crippen molar-refractivity contribution >= 4 is 17.7 Å². The Morgan fingerprint density at radius 2 is 1.49 bits per heavy atom. The number of nitrogens with zero attached hydrogens (tertiary/aromatic N) is 3. The Kier molecular flexibility index (Phi) is 9.92. The second kappa shape index (κ2) is 14.0. The zero-order valence-corrected chi connectivity index (χ0v) is 26.1. The number of ether oxygens (including phenoxy) is 2. The molecule has 0 amide bonds. The molecule has 0 bridgehead atoms. The summed E-state index contributed by atoms with van der Waals surface area (Å²) in [6, 6.07) is 25.3. The summed E-state index contributed by atoms with van der Waals surface area (Å²) in [6.07, 6.45) is 5.17.